The largest absolute Gasteiger partial charge is 0.296 e. The molecule has 0 aliphatic heterocycles. The zero-order valence-electron chi connectivity index (χ0n) is 13.6. The molecule has 0 spiro atoms. The predicted octanol–water partition coefficient (Wildman–Crippen LogP) is 2.64. The summed E-state index contributed by atoms with van der Waals surface area (Å²) < 4.78 is 0.892. The first-order chi connectivity index (χ1) is 12.6. The van der Waals surface area contributed by atoms with Gasteiger partial charge in [0.25, 0.3) is 5.91 Å². The molecule has 0 fully saturated rings. The summed E-state index contributed by atoms with van der Waals surface area (Å²) in [6, 6.07) is 8.95. The van der Waals surface area contributed by atoms with Gasteiger partial charge in [0.05, 0.1) is 28.7 Å². The molecule has 1 aromatic carbocycles. The molecule has 26 heavy (non-hydrogen) atoms. The highest BCUT2D eigenvalue weighted by Gasteiger charge is 2.11. The van der Waals surface area contributed by atoms with Gasteiger partial charge in [-0.15, -0.1) is 0 Å². The average Bonchev–Trinajstić information content (AvgIpc) is 3.04. The van der Waals surface area contributed by atoms with Crippen molar-refractivity contribution in [1.29, 1.82) is 10.5 Å². The Hall–Kier alpha value is -3.69. The van der Waals surface area contributed by atoms with Gasteiger partial charge >= 0.3 is 0 Å². The van der Waals surface area contributed by atoms with Crippen molar-refractivity contribution in [3.05, 3.63) is 47.5 Å². The van der Waals surface area contributed by atoms with Gasteiger partial charge in [0, 0.05) is 6.20 Å². The van der Waals surface area contributed by atoms with Crippen LogP contribution in [0.4, 0.5) is 5.13 Å². The monoisotopic (exact) mass is 361 g/mol. The highest BCUT2D eigenvalue weighted by molar-refractivity contribution is 7.22. The number of hydrogen-bond acceptors (Lipinski definition) is 8. The van der Waals surface area contributed by atoms with Gasteiger partial charge < -0.3 is 0 Å². The van der Waals surface area contributed by atoms with Gasteiger partial charge in [0.15, 0.2) is 5.13 Å². The molecule has 126 valence electrons. The molecule has 0 saturated carbocycles. The van der Waals surface area contributed by atoms with Crippen LogP contribution in [0.15, 0.2) is 35.6 Å². The summed E-state index contributed by atoms with van der Waals surface area (Å²) in [7, 11) is 0. The van der Waals surface area contributed by atoms with Crippen LogP contribution in [0.2, 0.25) is 0 Å². The molecule has 0 unspecified atom stereocenters. The number of thiazole rings is 1. The number of benzene rings is 1. The molecule has 2 heterocycles. The highest BCUT2D eigenvalue weighted by Crippen LogP contribution is 2.27. The van der Waals surface area contributed by atoms with Gasteiger partial charge in [-0.1, -0.05) is 17.4 Å². The number of aryl methyl sites for hydroxylation is 1. The van der Waals surface area contributed by atoms with Crippen molar-refractivity contribution in [3.8, 4) is 12.1 Å². The molecule has 0 bridgehead atoms. The highest BCUT2D eigenvalue weighted by atomic mass is 32.1. The van der Waals surface area contributed by atoms with Crippen molar-refractivity contribution in [1.82, 2.24) is 15.0 Å². The van der Waals surface area contributed by atoms with Gasteiger partial charge in [-0.2, -0.15) is 10.5 Å². The van der Waals surface area contributed by atoms with E-state index in [-0.39, 0.29) is 23.9 Å². The fourth-order valence-electron chi connectivity index (χ4n) is 2.06. The molecular weight excluding hydrogens is 350 g/mol. The summed E-state index contributed by atoms with van der Waals surface area (Å²) in [6.45, 7) is 2.00. The maximum absolute atomic E-state index is 12.2. The summed E-state index contributed by atoms with van der Waals surface area (Å²) in [5.74, 6) is -0.380. The summed E-state index contributed by atoms with van der Waals surface area (Å²) in [6.07, 6.45) is 2.94. The van der Waals surface area contributed by atoms with E-state index in [1.807, 2.05) is 18.2 Å². The second-order valence-electron chi connectivity index (χ2n) is 5.21. The first-order valence-corrected chi connectivity index (χ1v) is 8.25. The fraction of sp³-hybridized carbons (Fsp3) is 0.118. The van der Waals surface area contributed by atoms with E-state index in [4.69, 9.17) is 10.5 Å². The van der Waals surface area contributed by atoms with Gasteiger partial charge in [0.1, 0.15) is 17.8 Å². The maximum Gasteiger partial charge on any atom is 0.277 e. The van der Waals surface area contributed by atoms with Gasteiger partial charge in [-0.05, 0) is 24.6 Å². The molecule has 8 nitrogen and oxygen atoms in total. The third-order valence-corrected chi connectivity index (χ3v) is 4.27. The van der Waals surface area contributed by atoms with Crippen LogP contribution in [0.5, 0.6) is 0 Å². The topological polar surface area (TPSA) is 128 Å². The molecule has 1 N–H and O–H groups in total. The molecule has 1 amide bonds. The smallest absolute Gasteiger partial charge is 0.277 e. The Morgan fingerprint density at radius 1 is 1.27 bits per heavy atom. The minimum Gasteiger partial charge on any atom is -0.296 e. The number of nitriles is 2. The fourth-order valence-corrected chi connectivity index (χ4v) is 2.90. The summed E-state index contributed by atoms with van der Waals surface area (Å²) in [5.41, 5.74) is 2.28. The second kappa shape index (κ2) is 7.47. The van der Waals surface area contributed by atoms with Crippen molar-refractivity contribution in [2.75, 3.05) is 5.32 Å². The SMILES string of the molecule is Cc1cnc(C(=O)Nc2nc3cc(CN=C(C#N)C#N)ccc3s2)cn1. The standard InChI is InChI=1S/C17H11N7OS/c1-10-7-22-14(9-20-10)16(25)24-17-23-13-4-11(2-3-15(13)26-17)8-21-12(5-18)6-19/h2-4,7,9H,8H2,1H3,(H,23,24,25). The molecule has 0 atom stereocenters. The summed E-state index contributed by atoms with van der Waals surface area (Å²) in [4.78, 5) is 28.6. The molecule has 0 aliphatic carbocycles. The Labute approximate surface area is 152 Å². The maximum atomic E-state index is 12.2. The number of nitrogens with zero attached hydrogens (tertiary/aromatic N) is 6. The lowest BCUT2D eigenvalue weighted by Gasteiger charge is -2.00. The molecule has 0 saturated heterocycles. The third-order valence-electron chi connectivity index (χ3n) is 3.32. The minimum absolute atomic E-state index is 0.171. The van der Waals surface area contributed by atoms with Crippen LogP contribution in [-0.2, 0) is 6.54 Å². The number of nitrogens with one attached hydrogen (secondary N) is 1. The normalized spacial score (nSPS) is 9.96. The number of anilines is 1. The van der Waals surface area contributed by atoms with E-state index < -0.39 is 0 Å². The first-order valence-electron chi connectivity index (χ1n) is 7.43. The van der Waals surface area contributed by atoms with Crippen LogP contribution in [0.3, 0.4) is 0 Å². The summed E-state index contributed by atoms with van der Waals surface area (Å²) >= 11 is 1.33. The van der Waals surface area contributed by atoms with Gasteiger partial charge in [-0.25, -0.2) is 9.97 Å². The molecule has 3 aromatic rings. The van der Waals surface area contributed by atoms with Crippen molar-refractivity contribution >= 4 is 38.3 Å². The van der Waals surface area contributed by atoms with Gasteiger partial charge in [-0.3, -0.25) is 20.1 Å². The number of aromatic nitrogens is 3. The number of aliphatic imine (C=N–C) groups is 1. The minimum atomic E-state index is -0.380. The molecule has 2 aromatic heterocycles. The zero-order valence-corrected chi connectivity index (χ0v) is 14.4. The van der Waals surface area contributed by atoms with Crippen LogP contribution < -0.4 is 5.32 Å². The van der Waals surface area contributed by atoms with Crippen LogP contribution in [-0.4, -0.2) is 26.6 Å². The van der Waals surface area contributed by atoms with E-state index >= 15 is 0 Å². The molecular formula is C17H11N7OS. The number of carbonyl (C=O) groups excluding carboxylic acids is 1. The third kappa shape index (κ3) is 3.86. The average molecular weight is 361 g/mol. The second-order valence-corrected chi connectivity index (χ2v) is 6.24. The van der Waals surface area contributed by atoms with Crippen LogP contribution >= 0.6 is 11.3 Å². The van der Waals surface area contributed by atoms with E-state index in [0.29, 0.717) is 10.6 Å². The van der Waals surface area contributed by atoms with Crippen LogP contribution in [0.25, 0.3) is 10.2 Å². The van der Waals surface area contributed by atoms with Crippen LogP contribution in [0, 0.1) is 29.6 Å². The van der Waals surface area contributed by atoms with Crippen molar-refractivity contribution in [3.63, 3.8) is 0 Å². The number of hydrogen-bond donors (Lipinski definition) is 1. The Morgan fingerprint density at radius 2 is 2.08 bits per heavy atom. The lowest BCUT2D eigenvalue weighted by Crippen LogP contribution is -2.13. The van der Waals surface area contributed by atoms with E-state index in [2.05, 4.69) is 25.3 Å². The number of fused-ring (bicyclic) bond motifs is 1. The number of carbonyl (C=O) groups is 1. The van der Waals surface area contributed by atoms with Crippen molar-refractivity contribution in [2.45, 2.75) is 13.5 Å². The van der Waals surface area contributed by atoms with Crippen molar-refractivity contribution in [2.24, 2.45) is 4.99 Å². The van der Waals surface area contributed by atoms with Crippen LogP contribution in [0.1, 0.15) is 21.7 Å². The number of rotatable bonds is 4. The molecule has 9 heteroatoms. The Morgan fingerprint density at radius 3 is 2.77 bits per heavy atom. The van der Waals surface area contributed by atoms with E-state index in [1.165, 1.54) is 23.7 Å². The summed E-state index contributed by atoms with van der Waals surface area (Å²) in [5, 5.41) is 20.6. The first kappa shape index (κ1) is 17.1. The lowest BCUT2D eigenvalue weighted by molar-refractivity contribution is 0.102. The van der Waals surface area contributed by atoms with E-state index in [9.17, 15) is 4.79 Å². The molecule has 0 radical (unpaired) electrons. The van der Waals surface area contributed by atoms with E-state index in [0.717, 1.165) is 16.0 Å². The Kier molecular flexibility index (Phi) is 4.92. The molecule has 0 aliphatic rings. The van der Waals surface area contributed by atoms with E-state index in [1.54, 1.807) is 19.1 Å². The van der Waals surface area contributed by atoms with Gasteiger partial charge in [0.2, 0.25) is 5.71 Å². The van der Waals surface area contributed by atoms with Crippen molar-refractivity contribution < 1.29 is 4.79 Å². The zero-order chi connectivity index (χ0) is 18.5. The Balaban J connectivity index is 1.78. The lowest BCUT2D eigenvalue weighted by atomic mass is 10.2. The quantitative estimate of drug-likeness (QED) is 0.711. The number of amides is 1. The Bertz CT molecular complexity index is 1070. The predicted molar refractivity (Wildman–Crippen MR) is 96.7 cm³/mol. The molecule has 3 rings (SSSR count).